The number of hydrogen-bond acceptors (Lipinski definition) is 5. The van der Waals surface area contributed by atoms with Crippen LogP contribution in [0.1, 0.15) is 44.6 Å². The van der Waals surface area contributed by atoms with Gasteiger partial charge in [-0.1, -0.05) is 73.3 Å². The second kappa shape index (κ2) is 14.3. The average Bonchev–Trinajstić information content (AvgIpc) is 3.50. The smallest absolute Gasteiger partial charge is 0.264 e. The first-order chi connectivity index (χ1) is 20.1. The van der Waals surface area contributed by atoms with Crippen molar-refractivity contribution in [3.05, 3.63) is 88.4 Å². The molecule has 42 heavy (non-hydrogen) atoms. The number of methoxy groups -OCH3 is 1. The van der Waals surface area contributed by atoms with Gasteiger partial charge in [-0.2, -0.15) is 0 Å². The van der Waals surface area contributed by atoms with Crippen molar-refractivity contribution in [1.82, 2.24) is 10.2 Å². The number of nitrogens with one attached hydrogen (secondary N) is 1. The normalized spacial score (nSPS) is 14.3. The van der Waals surface area contributed by atoms with Crippen molar-refractivity contribution in [2.75, 3.05) is 18.0 Å². The number of nitrogens with zero attached hydrogens (tertiary/aromatic N) is 2. The summed E-state index contributed by atoms with van der Waals surface area (Å²) < 4.78 is 34.3. The van der Waals surface area contributed by atoms with Gasteiger partial charge in [0.2, 0.25) is 11.8 Å². The van der Waals surface area contributed by atoms with Gasteiger partial charge in [-0.25, -0.2) is 8.42 Å². The summed E-state index contributed by atoms with van der Waals surface area (Å²) in [7, 11) is -2.70. The summed E-state index contributed by atoms with van der Waals surface area (Å²) in [5.74, 6) is -0.404. The van der Waals surface area contributed by atoms with Crippen LogP contribution in [-0.4, -0.2) is 50.9 Å². The van der Waals surface area contributed by atoms with Gasteiger partial charge in [-0.3, -0.25) is 13.9 Å². The second-order valence-electron chi connectivity index (χ2n) is 10.2. The van der Waals surface area contributed by atoms with Gasteiger partial charge in [0, 0.05) is 28.7 Å². The van der Waals surface area contributed by atoms with Crippen LogP contribution in [0.2, 0.25) is 10.0 Å². The standard InChI is InChI=1S/C31H35Cl2N3O5S/c1-3-29(31(38)34-24-10-7-8-11-24)35(20-22-16-17-23(32)18-28(22)33)30(37)21-36(25-12-9-13-26(19-25)41-2)42(39,40)27-14-5-4-6-15-27/h4-6,9,12-19,24,29H,3,7-8,10-11,20-21H2,1-2H3,(H,34,38)/t29-/m0/s1. The molecule has 1 aliphatic carbocycles. The lowest BCUT2D eigenvalue weighted by Gasteiger charge is -2.34. The molecule has 3 aromatic carbocycles. The van der Waals surface area contributed by atoms with Gasteiger partial charge in [-0.15, -0.1) is 0 Å². The van der Waals surface area contributed by atoms with Crippen LogP contribution >= 0.6 is 23.2 Å². The Morgan fingerprint density at radius 1 is 1.00 bits per heavy atom. The van der Waals surface area contributed by atoms with Crippen molar-refractivity contribution in [3.63, 3.8) is 0 Å². The molecule has 3 aromatic rings. The molecule has 0 saturated heterocycles. The van der Waals surface area contributed by atoms with Crippen molar-refractivity contribution in [2.45, 2.75) is 62.6 Å². The van der Waals surface area contributed by atoms with E-state index in [1.165, 1.54) is 24.1 Å². The van der Waals surface area contributed by atoms with Gasteiger partial charge in [0.05, 0.1) is 17.7 Å². The topological polar surface area (TPSA) is 96.0 Å². The Bertz CT molecular complexity index is 1500. The second-order valence-corrected chi connectivity index (χ2v) is 12.9. The highest BCUT2D eigenvalue weighted by atomic mass is 35.5. The zero-order valence-corrected chi connectivity index (χ0v) is 26.0. The number of amides is 2. The maximum Gasteiger partial charge on any atom is 0.264 e. The molecule has 1 saturated carbocycles. The molecular formula is C31H35Cl2N3O5S. The Hall–Kier alpha value is -3.27. The van der Waals surface area contributed by atoms with E-state index < -0.39 is 28.5 Å². The number of rotatable bonds is 12. The minimum Gasteiger partial charge on any atom is -0.497 e. The summed E-state index contributed by atoms with van der Waals surface area (Å²) in [6, 6.07) is 18.5. The van der Waals surface area contributed by atoms with Crippen LogP contribution in [-0.2, 0) is 26.2 Å². The molecule has 0 aliphatic heterocycles. The highest BCUT2D eigenvalue weighted by molar-refractivity contribution is 7.92. The van der Waals surface area contributed by atoms with Gasteiger partial charge in [0.1, 0.15) is 18.3 Å². The highest BCUT2D eigenvalue weighted by Crippen LogP contribution is 2.29. The first-order valence-corrected chi connectivity index (χ1v) is 16.1. The number of sulfonamides is 1. The molecule has 224 valence electrons. The van der Waals surface area contributed by atoms with Crippen LogP contribution in [0.4, 0.5) is 5.69 Å². The number of hydrogen-bond donors (Lipinski definition) is 1. The largest absolute Gasteiger partial charge is 0.497 e. The number of ether oxygens (including phenoxy) is 1. The van der Waals surface area contributed by atoms with E-state index in [9.17, 15) is 18.0 Å². The van der Waals surface area contributed by atoms with E-state index >= 15 is 0 Å². The summed E-state index contributed by atoms with van der Waals surface area (Å²) in [5, 5.41) is 3.87. The number of anilines is 1. The molecule has 0 radical (unpaired) electrons. The van der Waals surface area contributed by atoms with E-state index in [0.717, 1.165) is 30.0 Å². The van der Waals surface area contributed by atoms with E-state index in [-0.39, 0.29) is 29.1 Å². The van der Waals surface area contributed by atoms with Crippen molar-refractivity contribution < 1.29 is 22.7 Å². The maximum absolute atomic E-state index is 14.2. The number of benzene rings is 3. The fraction of sp³-hybridized carbons (Fsp3) is 0.355. The van der Waals surface area contributed by atoms with Crippen molar-refractivity contribution >= 4 is 50.7 Å². The molecular weight excluding hydrogens is 597 g/mol. The van der Waals surface area contributed by atoms with E-state index in [1.807, 2.05) is 6.92 Å². The minimum absolute atomic E-state index is 0.0111. The van der Waals surface area contributed by atoms with Crippen LogP contribution in [0.3, 0.4) is 0 Å². The zero-order valence-electron chi connectivity index (χ0n) is 23.6. The molecule has 0 heterocycles. The van der Waals surface area contributed by atoms with Gasteiger partial charge >= 0.3 is 0 Å². The fourth-order valence-corrected chi connectivity index (χ4v) is 7.03. The van der Waals surface area contributed by atoms with E-state index in [0.29, 0.717) is 27.8 Å². The Kier molecular flexibility index (Phi) is 10.8. The Morgan fingerprint density at radius 2 is 1.71 bits per heavy atom. The van der Waals surface area contributed by atoms with Gasteiger partial charge in [0.25, 0.3) is 10.0 Å². The Labute approximate surface area is 257 Å². The van der Waals surface area contributed by atoms with Gasteiger partial charge < -0.3 is 15.0 Å². The quantitative estimate of drug-likeness (QED) is 0.262. The van der Waals surface area contributed by atoms with Crippen LogP contribution in [0.25, 0.3) is 0 Å². The SMILES string of the molecule is CC[C@@H](C(=O)NC1CCCC1)N(Cc1ccc(Cl)cc1Cl)C(=O)CN(c1cccc(OC)c1)S(=O)(=O)c1ccccc1. The number of halogens is 2. The van der Waals surface area contributed by atoms with Crippen LogP contribution in [0.15, 0.2) is 77.7 Å². The van der Waals surface area contributed by atoms with E-state index in [4.69, 9.17) is 27.9 Å². The predicted octanol–water partition coefficient (Wildman–Crippen LogP) is 6.06. The fourth-order valence-electron chi connectivity index (χ4n) is 5.13. The molecule has 2 amide bonds. The molecule has 0 unspecified atom stereocenters. The zero-order chi connectivity index (χ0) is 30.3. The Balaban J connectivity index is 1.74. The van der Waals surface area contributed by atoms with Crippen molar-refractivity contribution in [2.24, 2.45) is 0 Å². The summed E-state index contributed by atoms with van der Waals surface area (Å²) >= 11 is 12.6. The molecule has 0 aromatic heterocycles. The average molecular weight is 633 g/mol. The number of carbonyl (C=O) groups excluding carboxylic acids is 2. The molecule has 1 atom stereocenters. The monoisotopic (exact) mass is 631 g/mol. The van der Waals surface area contributed by atoms with Crippen LogP contribution in [0.5, 0.6) is 5.75 Å². The third-order valence-corrected chi connectivity index (χ3v) is 9.77. The van der Waals surface area contributed by atoms with Crippen molar-refractivity contribution in [3.8, 4) is 5.75 Å². The molecule has 8 nitrogen and oxygen atoms in total. The lowest BCUT2D eigenvalue weighted by atomic mass is 10.1. The summed E-state index contributed by atoms with van der Waals surface area (Å²) in [4.78, 5) is 29.2. The molecule has 4 rings (SSSR count). The molecule has 1 fully saturated rings. The lowest BCUT2D eigenvalue weighted by molar-refractivity contribution is -0.140. The first-order valence-electron chi connectivity index (χ1n) is 13.9. The van der Waals surface area contributed by atoms with Crippen molar-refractivity contribution in [1.29, 1.82) is 0 Å². The van der Waals surface area contributed by atoms with E-state index in [1.54, 1.807) is 60.7 Å². The lowest BCUT2D eigenvalue weighted by Crippen LogP contribution is -2.53. The van der Waals surface area contributed by atoms with Crippen LogP contribution < -0.4 is 14.4 Å². The molecule has 0 bridgehead atoms. The maximum atomic E-state index is 14.2. The third-order valence-electron chi connectivity index (χ3n) is 7.39. The van der Waals surface area contributed by atoms with E-state index in [2.05, 4.69) is 5.32 Å². The molecule has 1 N–H and O–H groups in total. The van der Waals surface area contributed by atoms with Gasteiger partial charge in [-0.05, 0) is 61.2 Å². The highest BCUT2D eigenvalue weighted by Gasteiger charge is 2.35. The predicted molar refractivity (Wildman–Crippen MR) is 165 cm³/mol. The van der Waals surface area contributed by atoms with Gasteiger partial charge in [0.15, 0.2) is 0 Å². The number of carbonyl (C=O) groups is 2. The minimum atomic E-state index is -4.18. The molecule has 11 heteroatoms. The molecule has 0 spiro atoms. The first kappa shape index (κ1) is 31.7. The third kappa shape index (κ3) is 7.56. The van der Waals surface area contributed by atoms with Crippen LogP contribution in [0, 0.1) is 0 Å². The Morgan fingerprint density at radius 3 is 2.36 bits per heavy atom. The summed E-state index contributed by atoms with van der Waals surface area (Å²) in [6.07, 6.45) is 4.17. The molecule has 1 aliphatic rings. The summed E-state index contributed by atoms with van der Waals surface area (Å²) in [5.41, 5.74) is 0.833. The summed E-state index contributed by atoms with van der Waals surface area (Å²) in [6.45, 7) is 1.26.